The molecule has 4 amide bonds. The zero-order chi connectivity index (χ0) is 28.3. The lowest BCUT2D eigenvalue weighted by Gasteiger charge is -2.43. The van der Waals surface area contributed by atoms with Gasteiger partial charge >= 0.3 is 6.03 Å². The first-order chi connectivity index (χ1) is 19.3. The van der Waals surface area contributed by atoms with E-state index in [-0.39, 0.29) is 30.4 Å². The molecule has 2 aliphatic rings. The van der Waals surface area contributed by atoms with E-state index in [4.69, 9.17) is 11.6 Å². The van der Waals surface area contributed by atoms with Gasteiger partial charge in [0, 0.05) is 29.5 Å². The molecule has 2 N–H and O–H groups in total. The molecule has 3 aromatic rings. The van der Waals surface area contributed by atoms with Gasteiger partial charge in [0.1, 0.15) is 12.1 Å². The second-order valence-electron chi connectivity index (χ2n) is 10.5. The van der Waals surface area contributed by atoms with Crippen molar-refractivity contribution in [2.24, 2.45) is 0 Å². The summed E-state index contributed by atoms with van der Waals surface area (Å²) >= 11 is 6.22. The van der Waals surface area contributed by atoms with Crippen LogP contribution in [0.25, 0.3) is 0 Å². The SMILES string of the molecule is Cc1ccc(NC(=O)N2CCC3(CC2)C(=O)N(CC(=O)NC(C)c2ccccc2)CN3c2ccccc2)cc1Cl. The number of hydrogen-bond acceptors (Lipinski definition) is 4. The second-order valence-corrected chi connectivity index (χ2v) is 10.9. The van der Waals surface area contributed by atoms with Crippen molar-refractivity contribution in [2.75, 3.05) is 36.5 Å². The molecule has 1 atom stereocenters. The van der Waals surface area contributed by atoms with Crippen LogP contribution in [0.4, 0.5) is 16.2 Å². The average Bonchev–Trinajstić information content (AvgIpc) is 3.22. The fourth-order valence-corrected chi connectivity index (χ4v) is 5.74. The molecule has 5 rings (SSSR count). The Hall–Kier alpha value is -4.04. The average molecular weight is 560 g/mol. The number of anilines is 2. The topological polar surface area (TPSA) is 85.0 Å². The first-order valence-electron chi connectivity index (χ1n) is 13.6. The summed E-state index contributed by atoms with van der Waals surface area (Å²) in [6.45, 7) is 4.94. The van der Waals surface area contributed by atoms with Crippen LogP contribution >= 0.6 is 11.6 Å². The molecule has 2 saturated heterocycles. The van der Waals surface area contributed by atoms with Crippen molar-refractivity contribution in [3.05, 3.63) is 95.0 Å². The molecule has 2 heterocycles. The molecular weight excluding hydrogens is 526 g/mol. The maximum absolute atomic E-state index is 14.0. The Morgan fingerprint density at radius 3 is 2.27 bits per heavy atom. The lowest BCUT2D eigenvalue weighted by Crippen LogP contribution is -2.58. The summed E-state index contributed by atoms with van der Waals surface area (Å²) in [5.74, 6) is -0.285. The Balaban J connectivity index is 1.28. The quantitative estimate of drug-likeness (QED) is 0.435. The number of nitrogens with zero attached hydrogens (tertiary/aromatic N) is 3. The normalized spacial score (nSPS) is 17.2. The van der Waals surface area contributed by atoms with Gasteiger partial charge in [0.05, 0.1) is 12.7 Å². The number of para-hydroxylation sites is 1. The van der Waals surface area contributed by atoms with Gasteiger partial charge in [-0.2, -0.15) is 0 Å². The molecule has 3 aromatic carbocycles. The first kappa shape index (κ1) is 27.5. The molecule has 0 aromatic heterocycles. The number of aryl methyl sites for hydroxylation is 1. The van der Waals surface area contributed by atoms with Gasteiger partial charge in [-0.15, -0.1) is 0 Å². The lowest BCUT2D eigenvalue weighted by atomic mass is 9.85. The van der Waals surface area contributed by atoms with Crippen molar-refractivity contribution in [2.45, 2.75) is 38.3 Å². The highest BCUT2D eigenvalue weighted by Crippen LogP contribution is 2.39. The molecule has 40 heavy (non-hydrogen) atoms. The number of carbonyl (C=O) groups excluding carboxylic acids is 3. The zero-order valence-electron chi connectivity index (χ0n) is 22.8. The third-order valence-electron chi connectivity index (χ3n) is 7.89. The Morgan fingerprint density at radius 1 is 0.975 bits per heavy atom. The Morgan fingerprint density at radius 2 is 1.62 bits per heavy atom. The van der Waals surface area contributed by atoms with Crippen LogP contribution in [-0.2, 0) is 9.59 Å². The summed E-state index contributed by atoms with van der Waals surface area (Å²) < 4.78 is 0. The van der Waals surface area contributed by atoms with Gasteiger partial charge in [0.25, 0.3) is 5.91 Å². The van der Waals surface area contributed by atoms with Crippen LogP contribution in [0.2, 0.25) is 5.02 Å². The van der Waals surface area contributed by atoms with Crippen molar-refractivity contribution in [3.63, 3.8) is 0 Å². The van der Waals surface area contributed by atoms with Crippen molar-refractivity contribution >= 4 is 40.8 Å². The molecule has 2 aliphatic heterocycles. The predicted octanol–water partition coefficient (Wildman–Crippen LogP) is 5.20. The molecule has 0 saturated carbocycles. The maximum Gasteiger partial charge on any atom is 0.321 e. The van der Waals surface area contributed by atoms with Gasteiger partial charge < -0.3 is 25.3 Å². The van der Waals surface area contributed by atoms with E-state index in [9.17, 15) is 14.4 Å². The summed E-state index contributed by atoms with van der Waals surface area (Å²) in [5, 5.41) is 6.53. The highest BCUT2D eigenvalue weighted by molar-refractivity contribution is 6.31. The fraction of sp³-hybridized carbons (Fsp3) is 0.323. The van der Waals surface area contributed by atoms with Crippen LogP contribution in [0.1, 0.15) is 36.9 Å². The van der Waals surface area contributed by atoms with E-state index >= 15 is 0 Å². The van der Waals surface area contributed by atoms with E-state index in [0.29, 0.717) is 43.3 Å². The number of halogens is 1. The minimum Gasteiger partial charge on any atom is -0.348 e. The van der Waals surface area contributed by atoms with E-state index in [1.807, 2.05) is 86.6 Å². The number of benzene rings is 3. The summed E-state index contributed by atoms with van der Waals surface area (Å²) in [4.78, 5) is 45.5. The Kier molecular flexibility index (Phi) is 7.98. The summed E-state index contributed by atoms with van der Waals surface area (Å²) in [7, 11) is 0. The van der Waals surface area contributed by atoms with Crippen LogP contribution in [-0.4, -0.2) is 59.5 Å². The van der Waals surface area contributed by atoms with Crippen molar-refractivity contribution in [1.29, 1.82) is 0 Å². The fourth-order valence-electron chi connectivity index (χ4n) is 5.56. The largest absolute Gasteiger partial charge is 0.348 e. The van der Waals surface area contributed by atoms with Crippen LogP contribution in [0.15, 0.2) is 78.9 Å². The molecule has 2 fully saturated rings. The van der Waals surface area contributed by atoms with E-state index in [2.05, 4.69) is 15.5 Å². The van der Waals surface area contributed by atoms with Gasteiger partial charge in [-0.1, -0.05) is 66.2 Å². The zero-order valence-corrected chi connectivity index (χ0v) is 23.5. The number of piperidine rings is 1. The molecule has 9 heteroatoms. The number of likely N-dealkylation sites (tertiary alicyclic amines) is 1. The number of rotatable bonds is 6. The highest BCUT2D eigenvalue weighted by atomic mass is 35.5. The molecule has 0 bridgehead atoms. The summed E-state index contributed by atoms with van der Waals surface area (Å²) in [6, 6.07) is 24.6. The second kappa shape index (κ2) is 11.6. The summed E-state index contributed by atoms with van der Waals surface area (Å²) in [5.41, 5.74) is 2.67. The molecule has 208 valence electrons. The Labute approximate surface area is 239 Å². The third-order valence-corrected chi connectivity index (χ3v) is 8.30. The minimum atomic E-state index is -0.823. The minimum absolute atomic E-state index is 0.0283. The van der Waals surface area contributed by atoms with E-state index in [1.54, 1.807) is 15.9 Å². The van der Waals surface area contributed by atoms with Crippen LogP contribution in [0.5, 0.6) is 0 Å². The third kappa shape index (κ3) is 5.63. The highest BCUT2D eigenvalue weighted by Gasteiger charge is 2.54. The molecule has 1 spiro atoms. The number of nitrogens with one attached hydrogen (secondary N) is 2. The van der Waals surface area contributed by atoms with Gasteiger partial charge in [0.2, 0.25) is 5.91 Å². The standard InChI is InChI=1S/C31H34ClN5O3/c1-22-13-14-25(19-27(22)32)34-30(40)35-17-15-31(16-18-35)29(39)36(21-37(31)26-11-7-4-8-12-26)20-28(38)33-23(2)24-9-5-3-6-10-24/h3-14,19,23H,15-18,20-21H2,1-2H3,(H,33,38)(H,34,40). The van der Waals surface area contributed by atoms with Gasteiger partial charge in [-0.05, 0) is 62.1 Å². The smallest absolute Gasteiger partial charge is 0.321 e. The first-order valence-corrected chi connectivity index (χ1v) is 13.9. The monoisotopic (exact) mass is 559 g/mol. The summed E-state index contributed by atoms with van der Waals surface area (Å²) in [6.07, 6.45) is 0.919. The molecule has 1 unspecified atom stereocenters. The van der Waals surface area contributed by atoms with E-state index < -0.39 is 5.54 Å². The van der Waals surface area contributed by atoms with Gasteiger partial charge in [-0.25, -0.2) is 4.79 Å². The Bertz CT molecular complexity index is 1380. The lowest BCUT2D eigenvalue weighted by molar-refractivity contribution is -0.137. The molecule has 0 radical (unpaired) electrons. The van der Waals surface area contributed by atoms with Crippen LogP contribution in [0.3, 0.4) is 0 Å². The molecular formula is C31H34ClN5O3. The van der Waals surface area contributed by atoms with E-state index in [1.165, 1.54) is 0 Å². The van der Waals surface area contributed by atoms with Gasteiger partial charge in [0.15, 0.2) is 0 Å². The maximum atomic E-state index is 14.0. The van der Waals surface area contributed by atoms with E-state index in [0.717, 1.165) is 16.8 Å². The molecule has 0 aliphatic carbocycles. The number of urea groups is 1. The number of hydrogen-bond donors (Lipinski definition) is 2. The van der Waals surface area contributed by atoms with Crippen molar-refractivity contribution in [3.8, 4) is 0 Å². The number of carbonyl (C=O) groups is 3. The van der Waals surface area contributed by atoms with Crippen LogP contribution < -0.4 is 15.5 Å². The predicted molar refractivity (Wildman–Crippen MR) is 157 cm³/mol. The number of amides is 4. The van der Waals surface area contributed by atoms with Gasteiger partial charge in [-0.3, -0.25) is 9.59 Å². The van der Waals surface area contributed by atoms with Crippen LogP contribution in [0, 0.1) is 6.92 Å². The van der Waals surface area contributed by atoms with Crippen molar-refractivity contribution in [1.82, 2.24) is 15.1 Å². The van der Waals surface area contributed by atoms with Crippen molar-refractivity contribution < 1.29 is 14.4 Å². The molecule has 8 nitrogen and oxygen atoms in total.